The standard InChI is InChI=1S/C5H10N6/c1-10-3-4-11(2)5(10)7-9-8-6/h3-4H2,1-2H3. The molecule has 0 saturated carbocycles. The zero-order valence-electron chi connectivity index (χ0n) is 6.60. The summed E-state index contributed by atoms with van der Waals surface area (Å²) in [5.41, 5.74) is 8.01. The molecule has 0 bridgehead atoms. The van der Waals surface area contributed by atoms with Gasteiger partial charge in [-0.25, -0.2) is 0 Å². The van der Waals surface area contributed by atoms with Crippen LogP contribution in [0.25, 0.3) is 10.4 Å². The molecule has 11 heavy (non-hydrogen) atoms. The summed E-state index contributed by atoms with van der Waals surface area (Å²) in [5.74, 6) is 0.725. The Labute approximate surface area is 64.7 Å². The Morgan fingerprint density at radius 2 is 1.91 bits per heavy atom. The normalized spacial score (nSPS) is 16.7. The Balaban J connectivity index is 2.75. The minimum Gasteiger partial charge on any atom is -0.322 e. The maximum Gasteiger partial charge on any atom is 0.321 e. The van der Waals surface area contributed by atoms with Crippen molar-refractivity contribution in [1.82, 2.24) is 9.80 Å². The zero-order chi connectivity index (χ0) is 8.27. The lowest BCUT2D eigenvalue weighted by Crippen LogP contribution is -2.27. The summed E-state index contributed by atoms with van der Waals surface area (Å²) < 4.78 is 0. The molecule has 6 nitrogen and oxygen atoms in total. The van der Waals surface area contributed by atoms with Crippen LogP contribution < -0.4 is 0 Å². The van der Waals surface area contributed by atoms with Gasteiger partial charge in [0.15, 0.2) is 0 Å². The number of hydrogen-bond acceptors (Lipinski definition) is 1. The van der Waals surface area contributed by atoms with E-state index in [-0.39, 0.29) is 0 Å². The predicted octanol–water partition coefficient (Wildman–Crippen LogP) is 0.445. The average molecular weight is 154 g/mol. The fraction of sp³-hybridized carbons (Fsp3) is 0.800. The number of likely N-dealkylation sites (N-methyl/N-ethyl adjacent to an activating group) is 2. The summed E-state index contributed by atoms with van der Waals surface area (Å²) >= 11 is 0. The van der Waals surface area contributed by atoms with Crippen molar-refractivity contribution in [1.29, 1.82) is 0 Å². The van der Waals surface area contributed by atoms with E-state index in [1.165, 1.54) is 0 Å². The molecule has 0 aromatic heterocycles. The van der Waals surface area contributed by atoms with Crippen LogP contribution in [-0.4, -0.2) is 42.9 Å². The first-order valence-electron chi connectivity index (χ1n) is 3.30. The average Bonchev–Trinajstić information content (AvgIpc) is 2.29. The number of azide groups is 1. The smallest absolute Gasteiger partial charge is 0.321 e. The molecular weight excluding hydrogens is 144 g/mol. The Hall–Kier alpha value is -1.42. The van der Waals surface area contributed by atoms with Crippen molar-refractivity contribution in [3.8, 4) is 0 Å². The lowest BCUT2D eigenvalue weighted by atomic mass is 10.6. The van der Waals surface area contributed by atoms with Gasteiger partial charge in [0.2, 0.25) is 0 Å². The van der Waals surface area contributed by atoms with Gasteiger partial charge in [0.25, 0.3) is 0 Å². The van der Waals surface area contributed by atoms with Crippen molar-refractivity contribution < 1.29 is 0 Å². The second-order valence-corrected chi connectivity index (χ2v) is 2.42. The van der Waals surface area contributed by atoms with Crippen molar-refractivity contribution in [3.05, 3.63) is 10.4 Å². The molecule has 0 atom stereocenters. The van der Waals surface area contributed by atoms with Gasteiger partial charge in [0.1, 0.15) is 0 Å². The quantitative estimate of drug-likeness (QED) is 0.238. The van der Waals surface area contributed by atoms with E-state index >= 15 is 0 Å². The maximum atomic E-state index is 8.01. The van der Waals surface area contributed by atoms with E-state index in [4.69, 9.17) is 5.53 Å². The zero-order valence-corrected chi connectivity index (χ0v) is 6.60. The third-order valence-corrected chi connectivity index (χ3v) is 1.63. The van der Waals surface area contributed by atoms with Crippen LogP contribution in [0.5, 0.6) is 0 Å². The highest BCUT2D eigenvalue weighted by molar-refractivity contribution is 5.81. The van der Waals surface area contributed by atoms with Crippen LogP contribution in [0.3, 0.4) is 0 Å². The van der Waals surface area contributed by atoms with Gasteiger partial charge in [-0.3, -0.25) is 0 Å². The Bertz CT molecular complexity index is 203. The molecule has 0 aromatic rings. The first-order valence-corrected chi connectivity index (χ1v) is 3.30. The number of guanidine groups is 1. The molecule has 0 spiro atoms. The van der Waals surface area contributed by atoms with Gasteiger partial charge in [-0.2, -0.15) is 4.91 Å². The molecule has 0 unspecified atom stereocenters. The summed E-state index contributed by atoms with van der Waals surface area (Å²) in [5, 5.41) is 6.82. The molecule has 1 aliphatic rings. The van der Waals surface area contributed by atoms with Crippen LogP contribution in [-0.2, 0) is 0 Å². The third kappa shape index (κ3) is 1.53. The lowest BCUT2D eigenvalue weighted by Gasteiger charge is -2.08. The molecule has 1 aliphatic heterocycles. The Morgan fingerprint density at radius 1 is 1.36 bits per heavy atom. The highest BCUT2D eigenvalue weighted by Gasteiger charge is 2.23. The first-order chi connectivity index (χ1) is 5.25. The van der Waals surface area contributed by atoms with E-state index in [0.29, 0.717) is 0 Å². The van der Waals surface area contributed by atoms with E-state index in [1.807, 2.05) is 23.9 Å². The van der Waals surface area contributed by atoms with Crippen molar-refractivity contribution in [2.45, 2.75) is 0 Å². The minimum atomic E-state index is 0.725. The van der Waals surface area contributed by atoms with Crippen molar-refractivity contribution in [2.75, 3.05) is 27.2 Å². The van der Waals surface area contributed by atoms with Crippen LogP contribution in [0.15, 0.2) is 10.3 Å². The molecular formula is C5H10N6. The molecule has 6 heteroatoms. The SMILES string of the molecule is CN1CCN(C)C1=NN=[N+]=[N-]. The molecule has 60 valence electrons. The summed E-state index contributed by atoms with van der Waals surface area (Å²) in [7, 11) is 3.82. The lowest BCUT2D eigenvalue weighted by molar-refractivity contribution is 0.553. The van der Waals surface area contributed by atoms with E-state index in [2.05, 4.69) is 15.2 Å². The summed E-state index contributed by atoms with van der Waals surface area (Å²) in [6.45, 7) is 1.85. The van der Waals surface area contributed by atoms with Gasteiger partial charge in [0.05, 0.1) is 0 Å². The molecule has 0 N–H and O–H groups in total. The molecule has 0 aromatic carbocycles. The van der Waals surface area contributed by atoms with E-state index in [9.17, 15) is 0 Å². The largest absolute Gasteiger partial charge is 0.322 e. The van der Waals surface area contributed by atoms with Gasteiger partial charge in [-0.05, 0) is 0 Å². The number of nitrogens with zero attached hydrogens (tertiary/aromatic N) is 6. The van der Waals surface area contributed by atoms with Crippen LogP contribution in [0.4, 0.5) is 0 Å². The third-order valence-electron chi connectivity index (χ3n) is 1.63. The fourth-order valence-corrected chi connectivity index (χ4v) is 1.00. The van der Waals surface area contributed by atoms with Crippen molar-refractivity contribution >= 4 is 5.96 Å². The topological polar surface area (TPSA) is 67.6 Å². The number of hydrogen-bond donors (Lipinski definition) is 0. The van der Waals surface area contributed by atoms with E-state index in [1.54, 1.807) is 0 Å². The van der Waals surface area contributed by atoms with Crippen LogP contribution in [0.1, 0.15) is 0 Å². The molecule has 1 heterocycles. The second-order valence-electron chi connectivity index (χ2n) is 2.42. The maximum absolute atomic E-state index is 8.01. The first kappa shape index (κ1) is 7.68. The van der Waals surface area contributed by atoms with Gasteiger partial charge in [-0.1, -0.05) is 0 Å². The Kier molecular flexibility index (Phi) is 2.18. The summed E-state index contributed by atoms with van der Waals surface area (Å²) in [6, 6.07) is 0. The molecule has 1 fully saturated rings. The predicted molar refractivity (Wildman–Crippen MR) is 41.8 cm³/mol. The fourth-order valence-electron chi connectivity index (χ4n) is 1.00. The van der Waals surface area contributed by atoms with Crippen molar-refractivity contribution in [2.24, 2.45) is 10.3 Å². The van der Waals surface area contributed by atoms with Crippen LogP contribution >= 0.6 is 0 Å². The van der Waals surface area contributed by atoms with Crippen LogP contribution in [0.2, 0.25) is 0 Å². The van der Waals surface area contributed by atoms with E-state index < -0.39 is 0 Å². The van der Waals surface area contributed by atoms with Gasteiger partial charge < -0.3 is 9.80 Å². The summed E-state index contributed by atoms with van der Waals surface area (Å²) in [4.78, 5) is 6.43. The van der Waals surface area contributed by atoms with Gasteiger partial charge >= 0.3 is 5.96 Å². The molecule has 0 radical (unpaired) electrons. The van der Waals surface area contributed by atoms with Crippen molar-refractivity contribution in [3.63, 3.8) is 0 Å². The van der Waals surface area contributed by atoms with Crippen LogP contribution in [0, 0.1) is 0 Å². The van der Waals surface area contributed by atoms with Gasteiger partial charge in [0, 0.05) is 37.5 Å². The molecule has 1 saturated heterocycles. The molecule has 1 rings (SSSR count). The monoisotopic (exact) mass is 154 g/mol. The highest BCUT2D eigenvalue weighted by atomic mass is 15.5. The highest BCUT2D eigenvalue weighted by Crippen LogP contribution is 2.02. The second kappa shape index (κ2) is 3.12. The minimum absolute atomic E-state index is 0.725. The van der Waals surface area contributed by atoms with E-state index in [0.717, 1.165) is 19.0 Å². The Morgan fingerprint density at radius 3 is 2.36 bits per heavy atom. The molecule has 0 aliphatic carbocycles. The summed E-state index contributed by atoms with van der Waals surface area (Å²) in [6.07, 6.45) is 0. The number of rotatable bonds is 1. The molecule has 0 amide bonds. The van der Waals surface area contributed by atoms with Gasteiger partial charge in [-0.15, -0.1) is 5.53 Å².